The Morgan fingerprint density at radius 3 is 2.75 bits per heavy atom. The highest BCUT2D eigenvalue weighted by Crippen LogP contribution is 2.27. The number of amides is 1. The van der Waals surface area contributed by atoms with Crippen molar-refractivity contribution >= 4 is 17.3 Å². The lowest BCUT2D eigenvalue weighted by molar-refractivity contribution is -0.384. The van der Waals surface area contributed by atoms with Crippen molar-refractivity contribution in [2.24, 2.45) is 0 Å². The number of nitrogens with one attached hydrogen (secondary N) is 1. The average Bonchev–Trinajstić information content (AvgIpc) is 2.77. The molecule has 0 spiro atoms. The number of carbonyl (C=O) groups excluding carboxylic acids is 1. The summed E-state index contributed by atoms with van der Waals surface area (Å²) in [7, 11) is 1.58. The maximum atomic E-state index is 12.3. The van der Waals surface area contributed by atoms with Crippen LogP contribution in [0.2, 0.25) is 0 Å². The van der Waals surface area contributed by atoms with Gasteiger partial charge in [-0.1, -0.05) is 0 Å². The number of likely N-dealkylation sites (tertiary alicyclic amines) is 1. The third-order valence-electron chi connectivity index (χ3n) is 3.45. The van der Waals surface area contributed by atoms with Crippen LogP contribution in [0.4, 0.5) is 11.4 Å². The van der Waals surface area contributed by atoms with Crippen LogP contribution in [-0.2, 0) is 0 Å². The molecule has 7 heteroatoms. The molecule has 0 radical (unpaired) electrons. The van der Waals surface area contributed by atoms with E-state index in [4.69, 9.17) is 0 Å². The van der Waals surface area contributed by atoms with Gasteiger partial charge in [0.25, 0.3) is 11.6 Å². The summed E-state index contributed by atoms with van der Waals surface area (Å²) >= 11 is 0. The van der Waals surface area contributed by atoms with E-state index in [0.717, 1.165) is 0 Å². The molecule has 0 bridgehead atoms. The van der Waals surface area contributed by atoms with Gasteiger partial charge in [-0.05, 0) is 25.5 Å². The molecule has 1 heterocycles. The Hall–Kier alpha value is -2.15. The maximum Gasteiger partial charge on any atom is 0.293 e. The number of rotatable bonds is 3. The van der Waals surface area contributed by atoms with Crippen LogP contribution in [0, 0.1) is 10.1 Å². The molecule has 1 atom stereocenters. The topological polar surface area (TPSA) is 95.7 Å². The third kappa shape index (κ3) is 2.72. The van der Waals surface area contributed by atoms with Crippen LogP contribution >= 0.6 is 0 Å². The molecule has 1 unspecified atom stereocenters. The highest BCUT2D eigenvalue weighted by atomic mass is 16.6. The van der Waals surface area contributed by atoms with E-state index in [1.54, 1.807) is 20.0 Å². The van der Waals surface area contributed by atoms with Gasteiger partial charge in [0.1, 0.15) is 5.69 Å². The molecule has 20 heavy (non-hydrogen) atoms. The van der Waals surface area contributed by atoms with Crippen LogP contribution < -0.4 is 5.32 Å². The molecule has 1 aliphatic heterocycles. The molecule has 0 aromatic heterocycles. The van der Waals surface area contributed by atoms with E-state index in [9.17, 15) is 20.0 Å². The summed E-state index contributed by atoms with van der Waals surface area (Å²) in [5.41, 5.74) is -0.398. The molecule has 7 nitrogen and oxygen atoms in total. The molecule has 1 saturated heterocycles. The molecular weight excluding hydrogens is 262 g/mol. The number of nitro groups is 1. The fourth-order valence-electron chi connectivity index (χ4n) is 2.33. The van der Waals surface area contributed by atoms with Crippen LogP contribution in [0.3, 0.4) is 0 Å². The lowest BCUT2D eigenvalue weighted by atomic mass is 10.1. The van der Waals surface area contributed by atoms with Gasteiger partial charge in [0.15, 0.2) is 0 Å². The number of benzene rings is 1. The number of hydrogen-bond acceptors (Lipinski definition) is 5. The number of hydrogen-bond donors (Lipinski definition) is 2. The first-order chi connectivity index (χ1) is 9.34. The van der Waals surface area contributed by atoms with Crippen molar-refractivity contribution < 1.29 is 14.8 Å². The van der Waals surface area contributed by atoms with Gasteiger partial charge in [-0.15, -0.1) is 0 Å². The highest BCUT2D eigenvalue weighted by Gasteiger charge is 2.34. The van der Waals surface area contributed by atoms with Gasteiger partial charge >= 0.3 is 0 Å². The minimum atomic E-state index is -0.882. The van der Waals surface area contributed by atoms with Crippen LogP contribution in [0.5, 0.6) is 0 Å². The second-order valence-electron chi connectivity index (χ2n) is 5.21. The summed E-state index contributed by atoms with van der Waals surface area (Å²) in [6, 6.07) is 4.33. The number of nitro benzene ring substituents is 1. The molecule has 0 saturated carbocycles. The van der Waals surface area contributed by atoms with Crippen LogP contribution in [-0.4, -0.2) is 46.6 Å². The lowest BCUT2D eigenvalue weighted by Crippen LogP contribution is -2.33. The minimum absolute atomic E-state index is 0.135. The van der Waals surface area contributed by atoms with Crippen molar-refractivity contribution in [3.05, 3.63) is 33.9 Å². The van der Waals surface area contributed by atoms with Crippen molar-refractivity contribution in [2.45, 2.75) is 18.9 Å². The zero-order valence-electron chi connectivity index (χ0n) is 11.4. The second-order valence-corrected chi connectivity index (χ2v) is 5.21. The van der Waals surface area contributed by atoms with E-state index in [2.05, 4.69) is 5.32 Å². The lowest BCUT2D eigenvalue weighted by Gasteiger charge is -2.19. The van der Waals surface area contributed by atoms with Crippen molar-refractivity contribution in [2.75, 3.05) is 25.5 Å². The molecule has 2 rings (SSSR count). The van der Waals surface area contributed by atoms with E-state index in [0.29, 0.717) is 18.7 Å². The number of β-amino-alcohol motifs (C(OH)–C–C–N with tert-alkyl or cyclic N) is 1. The highest BCUT2D eigenvalue weighted by molar-refractivity contribution is 5.96. The number of anilines is 1. The Morgan fingerprint density at radius 2 is 2.25 bits per heavy atom. The SMILES string of the molecule is CNc1ccc(C(=O)N2CCC(C)(O)C2)cc1[N+](=O)[O-]. The molecule has 0 aliphatic carbocycles. The summed E-state index contributed by atoms with van der Waals surface area (Å²) in [5.74, 6) is -0.298. The maximum absolute atomic E-state index is 12.3. The zero-order valence-corrected chi connectivity index (χ0v) is 11.4. The third-order valence-corrected chi connectivity index (χ3v) is 3.45. The number of aliphatic hydroxyl groups is 1. The Labute approximate surface area is 116 Å². The Morgan fingerprint density at radius 1 is 1.55 bits per heavy atom. The fourth-order valence-corrected chi connectivity index (χ4v) is 2.33. The van der Waals surface area contributed by atoms with E-state index in [-0.39, 0.29) is 23.7 Å². The first-order valence-electron chi connectivity index (χ1n) is 6.32. The van der Waals surface area contributed by atoms with Gasteiger partial charge in [-0.25, -0.2) is 0 Å². The smallest absolute Gasteiger partial charge is 0.293 e. The minimum Gasteiger partial charge on any atom is -0.388 e. The van der Waals surface area contributed by atoms with Crippen molar-refractivity contribution in [1.82, 2.24) is 4.90 Å². The monoisotopic (exact) mass is 279 g/mol. The predicted octanol–water partition coefficient (Wildman–Crippen LogP) is 1.23. The Bertz CT molecular complexity index is 557. The second kappa shape index (κ2) is 5.09. The summed E-state index contributed by atoms with van der Waals surface area (Å²) in [6.45, 7) is 2.37. The first kappa shape index (κ1) is 14.3. The quantitative estimate of drug-likeness (QED) is 0.641. The van der Waals surface area contributed by atoms with E-state index < -0.39 is 10.5 Å². The number of nitrogens with zero attached hydrogens (tertiary/aromatic N) is 2. The normalized spacial score (nSPS) is 21.9. The summed E-state index contributed by atoms with van der Waals surface area (Å²) < 4.78 is 0. The van der Waals surface area contributed by atoms with Crippen LogP contribution in [0.15, 0.2) is 18.2 Å². The standard InChI is InChI=1S/C13H17N3O4/c1-13(18)5-6-15(8-13)12(17)9-3-4-10(14-2)11(7-9)16(19)20/h3-4,7,14,18H,5-6,8H2,1-2H3. The van der Waals surface area contributed by atoms with E-state index in [1.807, 2.05) is 0 Å². The average molecular weight is 279 g/mol. The van der Waals surface area contributed by atoms with Gasteiger partial charge in [0.2, 0.25) is 0 Å². The molecule has 1 fully saturated rings. The van der Waals surface area contributed by atoms with Crippen LogP contribution in [0.1, 0.15) is 23.7 Å². The van der Waals surface area contributed by atoms with Gasteiger partial charge in [-0.2, -0.15) is 0 Å². The van der Waals surface area contributed by atoms with Crippen molar-refractivity contribution in [3.63, 3.8) is 0 Å². The van der Waals surface area contributed by atoms with Gasteiger partial charge in [0.05, 0.1) is 10.5 Å². The molecule has 2 N–H and O–H groups in total. The summed E-state index contributed by atoms with van der Waals surface area (Å²) in [6.07, 6.45) is 0.509. The van der Waals surface area contributed by atoms with Gasteiger partial charge in [0, 0.05) is 31.8 Å². The van der Waals surface area contributed by atoms with Crippen LogP contribution in [0.25, 0.3) is 0 Å². The molecule has 1 aromatic rings. The largest absolute Gasteiger partial charge is 0.388 e. The Kier molecular flexibility index (Phi) is 3.63. The van der Waals surface area contributed by atoms with Gasteiger partial charge < -0.3 is 15.3 Å². The van der Waals surface area contributed by atoms with Crippen molar-refractivity contribution in [3.8, 4) is 0 Å². The van der Waals surface area contributed by atoms with E-state index >= 15 is 0 Å². The number of carbonyl (C=O) groups is 1. The molecule has 1 aromatic carbocycles. The summed E-state index contributed by atoms with van der Waals surface area (Å²) in [5, 5.41) is 23.6. The van der Waals surface area contributed by atoms with Gasteiger partial charge in [-0.3, -0.25) is 14.9 Å². The van der Waals surface area contributed by atoms with E-state index in [1.165, 1.54) is 17.0 Å². The molecule has 108 valence electrons. The molecular formula is C13H17N3O4. The zero-order chi connectivity index (χ0) is 14.9. The first-order valence-corrected chi connectivity index (χ1v) is 6.32. The molecule has 1 amide bonds. The Balaban J connectivity index is 2.27. The summed E-state index contributed by atoms with van der Waals surface area (Å²) in [4.78, 5) is 24.2. The fraction of sp³-hybridized carbons (Fsp3) is 0.462. The van der Waals surface area contributed by atoms with Crippen molar-refractivity contribution in [1.29, 1.82) is 0 Å². The predicted molar refractivity (Wildman–Crippen MR) is 73.8 cm³/mol. The molecule has 1 aliphatic rings.